The van der Waals surface area contributed by atoms with E-state index in [1.165, 1.54) is 0 Å². The van der Waals surface area contributed by atoms with Gasteiger partial charge < -0.3 is 20.3 Å². The Morgan fingerprint density at radius 3 is 2.44 bits per heavy atom. The number of hydrogen-bond donors (Lipinski definition) is 2. The van der Waals surface area contributed by atoms with Crippen LogP contribution in [0.3, 0.4) is 0 Å². The van der Waals surface area contributed by atoms with Gasteiger partial charge in [0, 0.05) is 38.8 Å². The maximum absolute atomic E-state index is 5.75. The number of piperazine rings is 1. The van der Waals surface area contributed by atoms with Crippen molar-refractivity contribution in [3.05, 3.63) is 30.3 Å². The fourth-order valence-corrected chi connectivity index (χ4v) is 3.28. The van der Waals surface area contributed by atoms with Crippen LogP contribution in [0.2, 0.25) is 0 Å². The number of nitrogens with one attached hydrogen (secondary N) is 2. The summed E-state index contributed by atoms with van der Waals surface area (Å²) in [5, 5.41) is 6.72. The maximum Gasteiger partial charge on any atom is 0.191 e. The van der Waals surface area contributed by atoms with Crippen molar-refractivity contribution in [2.75, 3.05) is 59.5 Å². The number of ether oxygens (including phenoxy) is 1. The van der Waals surface area contributed by atoms with Gasteiger partial charge in [-0.15, -0.1) is 0 Å². The Kier molecular flexibility index (Phi) is 9.42. The normalized spacial score (nSPS) is 17.7. The van der Waals surface area contributed by atoms with Gasteiger partial charge in [-0.1, -0.05) is 32.0 Å². The van der Waals surface area contributed by atoms with Crippen LogP contribution < -0.4 is 15.4 Å². The number of hydrogen-bond acceptors (Lipinski definition) is 4. The van der Waals surface area contributed by atoms with Crippen molar-refractivity contribution in [3.8, 4) is 5.75 Å². The molecule has 6 heteroatoms. The molecule has 1 heterocycles. The molecular weight excluding hydrogens is 338 g/mol. The van der Waals surface area contributed by atoms with E-state index in [0.717, 1.165) is 57.5 Å². The number of guanidine groups is 1. The van der Waals surface area contributed by atoms with Crippen molar-refractivity contribution >= 4 is 5.96 Å². The molecule has 6 nitrogen and oxygen atoms in total. The zero-order valence-corrected chi connectivity index (χ0v) is 17.4. The Balaban J connectivity index is 1.82. The van der Waals surface area contributed by atoms with Gasteiger partial charge in [-0.2, -0.15) is 0 Å². The summed E-state index contributed by atoms with van der Waals surface area (Å²) >= 11 is 0. The van der Waals surface area contributed by atoms with E-state index in [1.54, 1.807) is 0 Å². The fourth-order valence-electron chi connectivity index (χ4n) is 3.28. The molecule has 27 heavy (non-hydrogen) atoms. The average molecular weight is 376 g/mol. The van der Waals surface area contributed by atoms with Gasteiger partial charge in [0.25, 0.3) is 0 Å². The van der Waals surface area contributed by atoms with Gasteiger partial charge in [0.2, 0.25) is 0 Å². The summed E-state index contributed by atoms with van der Waals surface area (Å²) in [5.74, 6) is 2.35. The summed E-state index contributed by atoms with van der Waals surface area (Å²) in [4.78, 5) is 9.85. The first-order chi connectivity index (χ1) is 13.1. The lowest BCUT2D eigenvalue weighted by atomic mass is 10.0. The Bertz CT molecular complexity index is 541. The van der Waals surface area contributed by atoms with Crippen molar-refractivity contribution in [1.29, 1.82) is 0 Å². The minimum absolute atomic E-state index is 0.481. The summed E-state index contributed by atoms with van der Waals surface area (Å²) in [7, 11) is 2.20. The molecule has 1 fully saturated rings. The lowest BCUT2D eigenvalue weighted by molar-refractivity contribution is 0.0925. The Morgan fingerprint density at radius 2 is 1.81 bits per heavy atom. The molecule has 1 aliphatic rings. The number of nitrogens with zero attached hydrogens (tertiary/aromatic N) is 3. The number of aliphatic imine (C=N–C) groups is 1. The van der Waals surface area contributed by atoms with Crippen LogP contribution >= 0.6 is 0 Å². The highest BCUT2D eigenvalue weighted by Crippen LogP contribution is 2.14. The van der Waals surface area contributed by atoms with Crippen LogP contribution in [-0.4, -0.2) is 81.3 Å². The lowest BCUT2D eigenvalue weighted by Gasteiger charge is -2.39. The van der Waals surface area contributed by atoms with Crippen LogP contribution in [-0.2, 0) is 0 Å². The maximum atomic E-state index is 5.75. The third-order valence-corrected chi connectivity index (χ3v) is 4.96. The smallest absolute Gasteiger partial charge is 0.191 e. The van der Waals surface area contributed by atoms with Crippen molar-refractivity contribution < 1.29 is 4.74 Å². The van der Waals surface area contributed by atoms with Gasteiger partial charge in [-0.3, -0.25) is 9.89 Å². The van der Waals surface area contributed by atoms with Crippen LogP contribution in [0.25, 0.3) is 0 Å². The second-order valence-electron chi connectivity index (χ2n) is 7.46. The Hall–Kier alpha value is -1.79. The van der Waals surface area contributed by atoms with E-state index in [4.69, 9.17) is 9.73 Å². The third kappa shape index (κ3) is 7.77. The van der Waals surface area contributed by atoms with E-state index >= 15 is 0 Å². The first-order valence-electron chi connectivity index (χ1n) is 10.2. The number of likely N-dealkylation sites (N-methyl/N-ethyl adjacent to an activating group) is 1. The van der Waals surface area contributed by atoms with E-state index in [-0.39, 0.29) is 0 Å². The molecule has 1 aliphatic heterocycles. The Labute approximate surface area is 165 Å². The molecule has 1 unspecified atom stereocenters. The van der Waals surface area contributed by atoms with Gasteiger partial charge in [0.1, 0.15) is 12.4 Å². The van der Waals surface area contributed by atoms with Crippen molar-refractivity contribution in [2.24, 2.45) is 10.9 Å². The molecule has 152 valence electrons. The van der Waals surface area contributed by atoms with Gasteiger partial charge in [0.15, 0.2) is 5.96 Å². The van der Waals surface area contributed by atoms with E-state index in [2.05, 4.69) is 48.3 Å². The highest BCUT2D eigenvalue weighted by Gasteiger charge is 2.24. The van der Waals surface area contributed by atoms with Crippen LogP contribution in [0.15, 0.2) is 35.3 Å². The predicted molar refractivity (Wildman–Crippen MR) is 114 cm³/mol. The average Bonchev–Trinajstić information content (AvgIpc) is 2.67. The van der Waals surface area contributed by atoms with E-state index in [0.29, 0.717) is 18.6 Å². The first kappa shape index (κ1) is 21.5. The van der Waals surface area contributed by atoms with Crippen molar-refractivity contribution in [1.82, 2.24) is 20.4 Å². The second kappa shape index (κ2) is 11.8. The summed E-state index contributed by atoms with van der Waals surface area (Å²) in [6.45, 7) is 14.2. The van der Waals surface area contributed by atoms with Crippen molar-refractivity contribution in [2.45, 2.75) is 26.8 Å². The van der Waals surface area contributed by atoms with Crippen LogP contribution in [0.1, 0.15) is 20.8 Å². The van der Waals surface area contributed by atoms with Crippen LogP contribution in [0, 0.1) is 5.92 Å². The number of benzene rings is 1. The molecule has 2 rings (SSSR count). The molecule has 1 saturated heterocycles. The quantitative estimate of drug-likeness (QED) is 0.392. The van der Waals surface area contributed by atoms with Gasteiger partial charge in [-0.05, 0) is 32.0 Å². The van der Waals surface area contributed by atoms with Crippen LogP contribution in [0.4, 0.5) is 0 Å². The molecule has 0 saturated carbocycles. The van der Waals surface area contributed by atoms with E-state index in [1.807, 2.05) is 30.3 Å². The van der Waals surface area contributed by atoms with Gasteiger partial charge in [0.05, 0.1) is 13.1 Å². The number of para-hydroxylation sites is 1. The summed E-state index contributed by atoms with van der Waals surface area (Å²) in [6, 6.07) is 10.4. The van der Waals surface area contributed by atoms with E-state index < -0.39 is 0 Å². The molecule has 0 bridgehead atoms. The number of rotatable bonds is 9. The van der Waals surface area contributed by atoms with Gasteiger partial charge in [-0.25, -0.2) is 0 Å². The lowest BCUT2D eigenvalue weighted by Crippen LogP contribution is -2.52. The zero-order valence-electron chi connectivity index (χ0n) is 17.4. The third-order valence-electron chi connectivity index (χ3n) is 4.96. The SMILES string of the molecule is CCNC(=NCC(C(C)C)N1CCN(C)CC1)NCCOc1ccccc1. The highest BCUT2D eigenvalue weighted by molar-refractivity contribution is 5.79. The molecule has 1 aromatic carbocycles. The molecule has 1 atom stereocenters. The molecule has 2 N–H and O–H groups in total. The largest absolute Gasteiger partial charge is 0.492 e. The molecule has 0 aromatic heterocycles. The fraction of sp³-hybridized carbons (Fsp3) is 0.667. The van der Waals surface area contributed by atoms with Crippen LogP contribution in [0.5, 0.6) is 5.75 Å². The summed E-state index contributed by atoms with van der Waals surface area (Å²) in [5.41, 5.74) is 0. The van der Waals surface area contributed by atoms with E-state index in [9.17, 15) is 0 Å². The minimum Gasteiger partial charge on any atom is -0.492 e. The zero-order chi connectivity index (χ0) is 19.5. The molecule has 0 aliphatic carbocycles. The molecule has 0 radical (unpaired) electrons. The second-order valence-corrected chi connectivity index (χ2v) is 7.46. The molecule has 0 spiro atoms. The summed E-state index contributed by atoms with van der Waals surface area (Å²) in [6.07, 6.45) is 0. The standard InChI is InChI=1S/C21H37N5O/c1-5-22-21(23-11-16-27-19-9-7-6-8-10-19)24-17-20(18(2)3)26-14-12-25(4)13-15-26/h6-10,18,20H,5,11-17H2,1-4H3,(H2,22,23,24). The monoisotopic (exact) mass is 375 g/mol. The molecule has 0 amide bonds. The topological polar surface area (TPSA) is 52.1 Å². The van der Waals surface area contributed by atoms with Crippen molar-refractivity contribution in [3.63, 3.8) is 0 Å². The summed E-state index contributed by atoms with van der Waals surface area (Å²) < 4.78 is 5.75. The first-order valence-corrected chi connectivity index (χ1v) is 10.2. The molecule has 1 aromatic rings. The molecular formula is C21H37N5O. The van der Waals surface area contributed by atoms with Gasteiger partial charge >= 0.3 is 0 Å². The predicted octanol–water partition coefficient (Wildman–Crippen LogP) is 1.89. The minimum atomic E-state index is 0.481. The highest BCUT2D eigenvalue weighted by atomic mass is 16.5. The Morgan fingerprint density at radius 1 is 1.11 bits per heavy atom.